The number of hydrogen-bond acceptors (Lipinski definition) is 7. The van der Waals surface area contributed by atoms with E-state index in [1.54, 1.807) is 21.5 Å². The summed E-state index contributed by atoms with van der Waals surface area (Å²) in [6.07, 6.45) is 5.29. The Labute approximate surface area is 214 Å². The Balaban J connectivity index is 1.54. The lowest BCUT2D eigenvalue weighted by Gasteiger charge is -2.43. The third kappa shape index (κ3) is 3.64. The third-order valence-corrected chi connectivity index (χ3v) is 7.87. The summed E-state index contributed by atoms with van der Waals surface area (Å²) in [6.45, 7) is 2.92. The highest BCUT2D eigenvalue weighted by Gasteiger charge is 2.38. The van der Waals surface area contributed by atoms with Crippen molar-refractivity contribution in [3.05, 3.63) is 75.8 Å². The summed E-state index contributed by atoms with van der Waals surface area (Å²) in [4.78, 5) is 24.9. The van der Waals surface area contributed by atoms with Crippen LogP contribution in [0.5, 0.6) is 0 Å². The molecule has 1 aromatic carbocycles. The van der Waals surface area contributed by atoms with Crippen molar-refractivity contribution >= 4 is 50.9 Å². The van der Waals surface area contributed by atoms with E-state index in [0.29, 0.717) is 17.0 Å². The SMILES string of the molecule is CC(c1nn2cccc2c(=O)n1-c1ccccc1)[C@@H]1[C@H](S)CCCN1c1ncnc2n[nH]c(Br)c12. The number of para-hydroxylation sites is 1. The molecule has 0 aliphatic carbocycles. The average Bonchev–Trinajstić information content (AvgIpc) is 3.51. The Morgan fingerprint density at radius 3 is 2.83 bits per heavy atom. The zero-order valence-corrected chi connectivity index (χ0v) is 21.4. The minimum atomic E-state index is -0.145. The van der Waals surface area contributed by atoms with Crippen LogP contribution in [0.3, 0.4) is 0 Å². The molecule has 35 heavy (non-hydrogen) atoms. The number of aromatic amines is 1. The number of benzene rings is 1. The van der Waals surface area contributed by atoms with E-state index in [0.717, 1.165) is 40.9 Å². The van der Waals surface area contributed by atoms with Gasteiger partial charge in [-0.2, -0.15) is 22.8 Å². The number of nitrogens with one attached hydrogen (secondary N) is 1. The minimum absolute atomic E-state index is 0.0518. The first-order chi connectivity index (χ1) is 17.0. The molecule has 0 spiro atoms. The standard InChI is InChI=1S/C24H23BrN8OS/c1-14(22-30-32-12-5-9-16(32)24(34)33(22)15-7-3-2-4-8-15)19-17(35)10-6-11-31(19)23-18-20(25)28-29-21(18)26-13-27-23/h2-5,7-9,12-14,17,19,35H,6,10-11H2,1H3,(H,26,27,28,29)/t14?,17-,19-/m1/s1. The molecule has 0 amide bonds. The highest BCUT2D eigenvalue weighted by atomic mass is 79.9. The van der Waals surface area contributed by atoms with Crippen LogP contribution in [0.25, 0.3) is 22.2 Å². The highest BCUT2D eigenvalue weighted by Crippen LogP contribution is 2.38. The van der Waals surface area contributed by atoms with Crippen LogP contribution in [0.2, 0.25) is 0 Å². The van der Waals surface area contributed by atoms with Crippen LogP contribution in [-0.2, 0) is 0 Å². The molecule has 178 valence electrons. The summed E-state index contributed by atoms with van der Waals surface area (Å²) in [5.41, 5.74) is 1.82. The van der Waals surface area contributed by atoms with Crippen molar-refractivity contribution in [1.82, 2.24) is 34.3 Å². The fourth-order valence-electron chi connectivity index (χ4n) is 5.15. The van der Waals surface area contributed by atoms with E-state index in [9.17, 15) is 4.79 Å². The smallest absolute Gasteiger partial charge is 0.282 e. The number of halogens is 1. The van der Waals surface area contributed by atoms with Crippen LogP contribution in [0.15, 0.2) is 64.4 Å². The van der Waals surface area contributed by atoms with Crippen LogP contribution in [-0.4, -0.2) is 52.2 Å². The number of anilines is 1. The van der Waals surface area contributed by atoms with Crippen LogP contribution in [0, 0.1) is 0 Å². The predicted octanol–water partition coefficient (Wildman–Crippen LogP) is 3.98. The van der Waals surface area contributed by atoms with Gasteiger partial charge in [0.05, 0.1) is 17.1 Å². The summed E-state index contributed by atoms with van der Waals surface area (Å²) < 4.78 is 4.14. The fraction of sp³-hybridized carbons (Fsp3) is 0.292. The van der Waals surface area contributed by atoms with Crippen LogP contribution < -0.4 is 10.5 Å². The summed E-state index contributed by atoms with van der Waals surface area (Å²) in [5.74, 6) is 1.33. The molecule has 0 radical (unpaired) electrons. The van der Waals surface area contributed by atoms with Gasteiger partial charge < -0.3 is 4.90 Å². The van der Waals surface area contributed by atoms with E-state index in [1.807, 2.05) is 42.6 Å². The first kappa shape index (κ1) is 22.3. The first-order valence-electron chi connectivity index (χ1n) is 11.5. The van der Waals surface area contributed by atoms with Gasteiger partial charge in [-0.25, -0.2) is 14.5 Å². The molecule has 6 rings (SSSR count). The summed E-state index contributed by atoms with van der Waals surface area (Å²) in [7, 11) is 0. The predicted molar refractivity (Wildman–Crippen MR) is 142 cm³/mol. The molecule has 0 saturated carbocycles. The maximum atomic E-state index is 13.6. The van der Waals surface area contributed by atoms with Crippen LogP contribution in [0.4, 0.5) is 5.82 Å². The van der Waals surface area contributed by atoms with E-state index < -0.39 is 0 Å². The lowest BCUT2D eigenvalue weighted by Crippen LogP contribution is -2.50. The lowest BCUT2D eigenvalue weighted by molar-refractivity contribution is 0.407. The molecule has 1 saturated heterocycles. The number of rotatable bonds is 4. The number of hydrogen-bond donors (Lipinski definition) is 2. The molecule has 5 aromatic rings. The van der Waals surface area contributed by atoms with E-state index in [1.165, 1.54) is 0 Å². The topological polar surface area (TPSA) is 97.0 Å². The van der Waals surface area contributed by atoms with Gasteiger partial charge in [-0.05, 0) is 53.0 Å². The molecule has 5 heterocycles. The molecule has 3 atom stereocenters. The fourth-order valence-corrected chi connectivity index (χ4v) is 6.19. The Kier molecular flexibility index (Phi) is 5.60. The Bertz CT molecular complexity index is 1580. The molecular formula is C24H23BrN8OS. The quantitative estimate of drug-likeness (QED) is 0.328. The zero-order chi connectivity index (χ0) is 24.1. The Morgan fingerprint density at radius 2 is 2.00 bits per heavy atom. The molecule has 4 aromatic heterocycles. The van der Waals surface area contributed by atoms with E-state index in [2.05, 4.69) is 47.9 Å². The van der Waals surface area contributed by atoms with Crippen molar-refractivity contribution in [1.29, 1.82) is 0 Å². The molecule has 1 fully saturated rings. The highest BCUT2D eigenvalue weighted by molar-refractivity contribution is 9.10. The van der Waals surface area contributed by atoms with Crippen molar-refractivity contribution in [2.75, 3.05) is 11.4 Å². The van der Waals surface area contributed by atoms with Gasteiger partial charge in [0.15, 0.2) is 5.65 Å². The number of thiol groups is 1. The third-order valence-electron chi connectivity index (χ3n) is 6.74. The maximum Gasteiger partial charge on any atom is 0.282 e. The van der Waals surface area contributed by atoms with Crippen molar-refractivity contribution < 1.29 is 0 Å². The molecule has 11 heteroatoms. The molecular weight excluding hydrogens is 528 g/mol. The second-order valence-corrected chi connectivity index (χ2v) is 10.2. The number of piperidine rings is 1. The second kappa shape index (κ2) is 8.80. The van der Waals surface area contributed by atoms with Crippen molar-refractivity contribution in [2.24, 2.45) is 0 Å². The van der Waals surface area contributed by atoms with Gasteiger partial charge in [-0.3, -0.25) is 14.5 Å². The van der Waals surface area contributed by atoms with E-state index >= 15 is 0 Å². The van der Waals surface area contributed by atoms with Crippen molar-refractivity contribution in [2.45, 2.75) is 37.0 Å². The lowest BCUT2D eigenvalue weighted by atomic mass is 9.89. The molecule has 1 N–H and O–H groups in total. The van der Waals surface area contributed by atoms with Crippen molar-refractivity contribution in [3.63, 3.8) is 0 Å². The number of nitrogens with zero attached hydrogens (tertiary/aromatic N) is 7. The number of H-pyrrole nitrogens is 1. The van der Waals surface area contributed by atoms with Crippen LogP contribution in [0.1, 0.15) is 31.5 Å². The van der Waals surface area contributed by atoms with Gasteiger partial charge in [-0.15, -0.1) is 0 Å². The summed E-state index contributed by atoms with van der Waals surface area (Å²) in [6, 6.07) is 13.2. The molecule has 9 nitrogen and oxygen atoms in total. The molecule has 0 bridgehead atoms. The van der Waals surface area contributed by atoms with Gasteiger partial charge in [0, 0.05) is 23.9 Å². The van der Waals surface area contributed by atoms with Gasteiger partial charge in [0.2, 0.25) is 0 Å². The largest absolute Gasteiger partial charge is 0.351 e. The molecule has 1 aliphatic heterocycles. The monoisotopic (exact) mass is 550 g/mol. The second-order valence-electron chi connectivity index (χ2n) is 8.79. The first-order valence-corrected chi connectivity index (χ1v) is 12.8. The van der Waals surface area contributed by atoms with Gasteiger partial charge in [-0.1, -0.05) is 25.1 Å². The van der Waals surface area contributed by atoms with Crippen LogP contribution >= 0.6 is 28.6 Å². The van der Waals surface area contributed by atoms with E-state index in [-0.39, 0.29) is 22.8 Å². The number of aromatic nitrogens is 7. The summed E-state index contributed by atoms with van der Waals surface area (Å²) in [5, 5.41) is 13.1. The minimum Gasteiger partial charge on any atom is -0.351 e. The normalized spacial score (nSPS) is 19.5. The van der Waals surface area contributed by atoms with Crippen molar-refractivity contribution in [3.8, 4) is 5.69 Å². The van der Waals surface area contributed by atoms with E-state index in [4.69, 9.17) is 17.7 Å². The van der Waals surface area contributed by atoms with Gasteiger partial charge in [0.1, 0.15) is 28.1 Å². The Hall–Kier alpha value is -3.18. The van der Waals surface area contributed by atoms with Gasteiger partial charge >= 0.3 is 0 Å². The van der Waals surface area contributed by atoms with Gasteiger partial charge in [0.25, 0.3) is 5.56 Å². The number of fused-ring (bicyclic) bond motifs is 2. The molecule has 1 unspecified atom stereocenters. The Morgan fingerprint density at radius 1 is 1.17 bits per heavy atom. The summed E-state index contributed by atoms with van der Waals surface area (Å²) >= 11 is 8.60. The average molecular weight is 551 g/mol. The maximum absolute atomic E-state index is 13.6. The molecule has 1 aliphatic rings. The zero-order valence-electron chi connectivity index (χ0n) is 18.9.